The van der Waals surface area contributed by atoms with Crippen LogP contribution in [-0.4, -0.2) is 36.8 Å². The van der Waals surface area contributed by atoms with Gasteiger partial charge in [0, 0.05) is 22.2 Å². The summed E-state index contributed by atoms with van der Waals surface area (Å²) in [6, 6.07) is 20.4. The van der Waals surface area contributed by atoms with Crippen molar-refractivity contribution in [2.75, 3.05) is 24.9 Å². The van der Waals surface area contributed by atoms with Gasteiger partial charge in [0.2, 0.25) is 0 Å². The van der Waals surface area contributed by atoms with Gasteiger partial charge in [0.15, 0.2) is 0 Å². The van der Waals surface area contributed by atoms with Gasteiger partial charge in [-0.1, -0.05) is 11.8 Å². The summed E-state index contributed by atoms with van der Waals surface area (Å²) >= 11 is 1.11. The van der Waals surface area contributed by atoms with Gasteiger partial charge in [0.1, 0.15) is 33.7 Å². The molecule has 5 rings (SSSR count). The van der Waals surface area contributed by atoms with E-state index >= 15 is 0 Å². The molecule has 0 atom stereocenters. The molecule has 3 amide bonds. The van der Waals surface area contributed by atoms with Crippen LogP contribution in [0.3, 0.4) is 0 Å². The van der Waals surface area contributed by atoms with E-state index < -0.39 is 23.5 Å². The third kappa shape index (κ3) is 6.10. The predicted octanol–water partition coefficient (Wildman–Crippen LogP) is 5.67. The zero-order valence-electron chi connectivity index (χ0n) is 22.0. The highest BCUT2D eigenvalue weighted by Crippen LogP contribution is 2.39. The maximum atomic E-state index is 13.5. The molecule has 2 heterocycles. The molecule has 41 heavy (non-hydrogen) atoms. The highest BCUT2D eigenvalue weighted by Gasteiger charge is 2.40. The standard InChI is InChI=1S/C30H24FN3O6S/c1-38-21-11-14-24(25(16-21)39-2)33-26-27(30(37)34(29(26)36)17-22-4-3-15-40-22)41-23-12-9-20(10-13-23)32-28(35)18-5-7-19(31)8-6-18/h3-16,33H,17H2,1-2H3,(H,32,35). The molecule has 2 N–H and O–H groups in total. The van der Waals surface area contributed by atoms with E-state index in [1.54, 1.807) is 54.6 Å². The van der Waals surface area contributed by atoms with Crippen LogP contribution in [0.5, 0.6) is 11.5 Å². The van der Waals surface area contributed by atoms with Crippen LogP contribution in [0, 0.1) is 5.82 Å². The summed E-state index contributed by atoms with van der Waals surface area (Å²) in [4.78, 5) is 41.4. The van der Waals surface area contributed by atoms with Crippen LogP contribution >= 0.6 is 11.8 Å². The van der Waals surface area contributed by atoms with Crippen LogP contribution in [-0.2, 0) is 16.1 Å². The van der Waals surface area contributed by atoms with Crippen molar-refractivity contribution in [3.05, 3.63) is 113 Å². The Balaban J connectivity index is 1.40. The number of carbonyl (C=O) groups excluding carboxylic acids is 3. The lowest BCUT2D eigenvalue weighted by Gasteiger charge is -2.15. The summed E-state index contributed by atoms with van der Waals surface area (Å²) in [6.45, 7) is -0.0337. The molecule has 0 fully saturated rings. The molecule has 0 radical (unpaired) electrons. The number of hydrogen-bond donors (Lipinski definition) is 2. The van der Waals surface area contributed by atoms with E-state index in [4.69, 9.17) is 13.9 Å². The molecule has 0 bridgehead atoms. The van der Waals surface area contributed by atoms with E-state index in [9.17, 15) is 18.8 Å². The maximum Gasteiger partial charge on any atom is 0.278 e. The average Bonchev–Trinajstić information content (AvgIpc) is 3.58. The molecule has 0 spiro atoms. The van der Waals surface area contributed by atoms with Gasteiger partial charge in [-0.05, 0) is 72.8 Å². The van der Waals surface area contributed by atoms with Gasteiger partial charge in [-0.3, -0.25) is 19.3 Å². The van der Waals surface area contributed by atoms with E-state index in [1.807, 2.05) is 0 Å². The topological polar surface area (TPSA) is 110 Å². The van der Waals surface area contributed by atoms with Crippen molar-refractivity contribution in [1.29, 1.82) is 0 Å². The molecule has 9 nitrogen and oxygen atoms in total. The molecule has 3 aromatic carbocycles. The smallest absolute Gasteiger partial charge is 0.278 e. The third-order valence-electron chi connectivity index (χ3n) is 6.13. The van der Waals surface area contributed by atoms with Crippen molar-refractivity contribution in [1.82, 2.24) is 4.90 Å². The molecule has 1 aliphatic heterocycles. The zero-order valence-corrected chi connectivity index (χ0v) is 22.8. The van der Waals surface area contributed by atoms with Crippen molar-refractivity contribution < 1.29 is 32.7 Å². The number of methoxy groups -OCH3 is 2. The number of furan rings is 1. The Kier molecular flexibility index (Phi) is 8.06. The molecule has 0 saturated carbocycles. The lowest BCUT2D eigenvalue weighted by atomic mass is 10.2. The monoisotopic (exact) mass is 573 g/mol. The summed E-state index contributed by atoms with van der Waals surface area (Å²) in [6.07, 6.45) is 1.47. The number of benzene rings is 3. The number of amides is 3. The average molecular weight is 574 g/mol. The summed E-state index contributed by atoms with van der Waals surface area (Å²) in [7, 11) is 3.02. The Morgan fingerprint density at radius 2 is 1.71 bits per heavy atom. The number of rotatable bonds is 10. The lowest BCUT2D eigenvalue weighted by Crippen LogP contribution is -2.31. The van der Waals surface area contributed by atoms with E-state index in [1.165, 1.54) is 44.7 Å². The number of halogens is 1. The minimum atomic E-state index is -0.519. The Labute approximate surface area is 238 Å². The second kappa shape index (κ2) is 12.0. The fourth-order valence-corrected chi connectivity index (χ4v) is 4.97. The minimum Gasteiger partial charge on any atom is -0.497 e. The number of imide groups is 1. The number of anilines is 2. The van der Waals surface area contributed by atoms with E-state index in [0.29, 0.717) is 39.1 Å². The third-order valence-corrected chi connectivity index (χ3v) is 7.22. The van der Waals surface area contributed by atoms with Gasteiger partial charge in [0.25, 0.3) is 17.7 Å². The SMILES string of the molecule is COc1ccc(NC2=C(Sc3ccc(NC(=O)c4ccc(F)cc4)cc3)C(=O)N(Cc3ccco3)C2=O)c(OC)c1. The molecule has 208 valence electrons. The molecular weight excluding hydrogens is 549 g/mol. The molecule has 1 aliphatic rings. The van der Waals surface area contributed by atoms with Gasteiger partial charge in [-0.2, -0.15) is 0 Å². The van der Waals surface area contributed by atoms with Crippen LogP contribution in [0.1, 0.15) is 16.1 Å². The van der Waals surface area contributed by atoms with E-state index in [-0.39, 0.29) is 17.1 Å². The molecule has 1 aromatic heterocycles. The second-order valence-electron chi connectivity index (χ2n) is 8.76. The summed E-state index contributed by atoms with van der Waals surface area (Å²) in [5.41, 5.74) is 1.38. The van der Waals surface area contributed by atoms with Gasteiger partial charge in [-0.25, -0.2) is 4.39 Å². The highest BCUT2D eigenvalue weighted by molar-refractivity contribution is 8.04. The fraction of sp³-hybridized carbons (Fsp3) is 0.100. The number of hydrogen-bond acceptors (Lipinski definition) is 8. The maximum absolute atomic E-state index is 13.5. The van der Waals surface area contributed by atoms with Gasteiger partial charge >= 0.3 is 0 Å². The van der Waals surface area contributed by atoms with Crippen molar-refractivity contribution >= 4 is 40.9 Å². The number of carbonyl (C=O) groups is 3. The van der Waals surface area contributed by atoms with Gasteiger partial charge in [-0.15, -0.1) is 0 Å². The predicted molar refractivity (Wildman–Crippen MR) is 151 cm³/mol. The summed E-state index contributed by atoms with van der Waals surface area (Å²) < 4.78 is 29.2. The molecule has 4 aromatic rings. The Morgan fingerprint density at radius 1 is 0.951 bits per heavy atom. The molecule has 0 unspecified atom stereocenters. The summed E-state index contributed by atoms with van der Waals surface area (Å²) in [5, 5.41) is 5.83. The van der Waals surface area contributed by atoms with Crippen LogP contribution in [0.2, 0.25) is 0 Å². The number of thioether (sulfide) groups is 1. The highest BCUT2D eigenvalue weighted by atomic mass is 32.2. The van der Waals surface area contributed by atoms with Crippen molar-refractivity contribution in [3.8, 4) is 11.5 Å². The first-order chi connectivity index (χ1) is 19.9. The van der Waals surface area contributed by atoms with Crippen LogP contribution in [0.4, 0.5) is 15.8 Å². The quantitative estimate of drug-likeness (QED) is 0.234. The molecule has 0 saturated heterocycles. The molecule has 11 heteroatoms. The fourth-order valence-electron chi connectivity index (χ4n) is 4.03. The minimum absolute atomic E-state index is 0.0337. The molecule has 0 aliphatic carbocycles. The Morgan fingerprint density at radius 3 is 2.37 bits per heavy atom. The van der Waals surface area contributed by atoms with Crippen molar-refractivity contribution in [2.45, 2.75) is 11.4 Å². The zero-order chi connectivity index (χ0) is 28.9. The van der Waals surface area contributed by atoms with Gasteiger partial charge < -0.3 is 24.5 Å². The number of ether oxygens (including phenoxy) is 2. The number of nitrogens with one attached hydrogen (secondary N) is 2. The lowest BCUT2D eigenvalue weighted by molar-refractivity contribution is -0.138. The first-order valence-corrected chi connectivity index (χ1v) is 13.1. The second-order valence-corrected chi connectivity index (χ2v) is 9.84. The molecular formula is C30H24FN3O6S. The van der Waals surface area contributed by atoms with E-state index in [0.717, 1.165) is 16.7 Å². The normalized spacial score (nSPS) is 13.0. The Bertz CT molecular complexity index is 1620. The Hall–Kier alpha value is -5.03. The van der Waals surface area contributed by atoms with E-state index in [2.05, 4.69) is 10.6 Å². The van der Waals surface area contributed by atoms with Crippen LogP contribution < -0.4 is 20.1 Å². The largest absolute Gasteiger partial charge is 0.497 e. The first-order valence-electron chi connectivity index (χ1n) is 12.3. The van der Waals surface area contributed by atoms with Crippen LogP contribution in [0.25, 0.3) is 0 Å². The van der Waals surface area contributed by atoms with Crippen molar-refractivity contribution in [2.24, 2.45) is 0 Å². The van der Waals surface area contributed by atoms with Gasteiger partial charge in [0.05, 0.1) is 32.7 Å². The number of nitrogens with zero attached hydrogens (tertiary/aromatic N) is 1. The van der Waals surface area contributed by atoms with Crippen LogP contribution in [0.15, 0.2) is 105 Å². The van der Waals surface area contributed by atoms with Crippen molar-refractivity contribution in [3.63, 3.8) is 0 Å². The summed E-state index contributed by atoms with van der Waals surface area (Å²) in [5.74, 6) is -0.379. The first kappa shape index (κ1) is 27.5.